The van der Waals surface area contributed by atoms with Crippen molar-refractivity contribution in [3.8, 4) is 11.5 Å². The van der Waals surface area contributed by atoms with Gasteiger partial charge in [-0.3, -0.25) is 9.69 Å². The van der Waals surface area contributed by atoms with Crippen LogP contribution in [0.15, 0.2) is 24.3 Å². The van der Waals surface area contributed by atoms with Crippen LogP contribution >= 0.6 is 0 Å². The summed E-state index contributed by atoms with van der Waals surface area (Å²) in [6, 6.07) is 8.04. The van der Waals surface area contributed by atoms with Gasteiger partial charge in [-0.15, -0.1) is 0 Å². The zero-order chi connectivity index (χ0) is 20.4. The molecule has 0 radical (unpaired) electrons. The summed E-state index contributed by atoms with van der Waals surface area (Å²) in [6.45, 7) is 10.0. The Bertz CT molecular complexity index is 894. The molecule has 1 aromatic heterocycles. The Morgan fingerprint density at radius 3 is 2.62 bits per heavy atom. The first kappa shape index (κ1) is 19.4. The molecular weight excluding hydrogens is 370 g/mol. The fourth-order valence-electron chi connectivity index (χ4n) is 3.62. The van der Waals surface area contributed by atoms with Crippen LogP contribution in [0, 0.1) is 6.92 Å². The first-order chi connectivity index (χ1) is 14.0. The molecule has 1 saturated heterocycles. The lowest BCUT2D eigenvalue weighted by molar-refractivity contribution is 0.0622. The van der Waals surface area contributed by atoms with Gasteiger partial charge >= 0.3 is 0 Å². The van der Waals surface area contributed by atoms with Crippen molar-refractivity contribution < 1.29 is 14.3 Å². The van der Waals surface area contributed by atoms with E-state index < -0.39 is 0 Å². The third kappa shape index (κ3) is 4.59. The van der Waals surface area contributed by atoms with Crippen LogP contribution in [0.5, 0.6) is 11.5 Å². The Hall–Kier alpha value is -2.87. The third-order valence-electron chi connectivity index (χ3n) is 5.00. The molecule has 0 saturated carbocycles. The van der Waals surface area contributed by atoms with Gasteiger partial charge in [0.05, 0.1) is 0 Å². The van der Waals surface area contributed by atoms with Crippen LogP contribution < -0.4 is 14.8 Å². The maximum atomic E-state index is 12.9. The normalized spacial score (nSPS) is 16.3. The average molecular weight is 397 g/mol. The van der Waals surface area contributed by atoms with E-state index in [0.29, 0.717) is 30.4 Å². The fourth-order valence-corrected chi connectivity index (χ4v) is 3.62. The number of aryl methyl sites for hydroxylation is 1. The Morgan fingerprint density at radius 2 is 1.86 bits per heavy atom. The third-order valence-corrected chi connectivity index (χ3v) is 5.00. The van der Waals surface area contributed by atoms with E-state index >= 15 is 0 Å². The van der Waals surface area contributed by atoms with Crippen molar-refractivity contribution in [3.05, 3.63) is 41.3 Å². The number of hydrogen-bond acceptors (Lipinski definition) is 7. The number of rotatable bonds is 5. The highest BCUT2D eigenvalue weighted by Crippen LogP contribution is 2.32. The second kappa shape index (κ2) is 8.24. The molecule has 154 valence electrons. The molecule has 4 rings (SSSR count). The van der Waals surface area contributed by atoms with Gasteiger partial charge in [0.2, 0.25) is 6.79 Å². The molecule has 2 aliphatic rings. The molecule has 0 atom stereocenters. The van der Waals surface area contributed by atoms with Crippen molar-refractivity contribution in [1.29, 1.82) is 0 Å². The largest absolute Gasteiger partial charge is 0.454 e. The Labute approximate surface area is 170 Å². The molecule has 2 aromatic rings. The number of fused-ring (bicyclic) bond motifs is 1. The Balaban J connectivity index is 1.35. The van der Waals surface area contributed by atoms with Gasteiger partial charge in [0, 0.05) is 44.8 Å². The number of anilines is 1. The van der Waals surface area contributed by atoms with Crippen LogP contribution in [0.1, 0.15) is 35.7 Å². The molecule has 0 spiro atoms. The van der Waals surface area contributed by atoms with Crippen molar-refractivity contribution in [1.82, 2.24) is 19.8 Å². The van der Waals surface area contributed by atoms with Crippen molar-refractivity contribution in [3.63, 3.8) is 0 Å². The number of benzene rings is 1. The number of hydrogen-bond donors (Lipinski definition) is 1. The van der Waals surface area contributed by atoms with Crippen molar-refractivity contribution in [2.45, 2.75) is 33.4 Å². The van der Waals surface area contributed by atoms with E-state index in [1.807, 2.05) is 37.8 Å². The van der Waals surface area contributed by atoms with E-state index in [2.05, 4.69) is 26.3 Å². The summed E-state index contributed by atoms with van der Waals surface area (Å²) in [6.07, 6.45) is 0. The van der Waals surface area contributed by atoms with E-state index in [1.54, 1.807) is 6.07 Å². The molecule has 3 heterocycles. The van der Waals surface area contributed by atoms with Gasteiger partial charge in [-0.1, -0.05) is 6.07 Å². The topological polar surface area (TPSA) is 79.8 Å². The smallest absolute Gasteiger partial charge is 0.272 e. The molecule has 0 aliphatic carbocycles. The summed E-state index contributed by atoms with van der Waals surface area (Å²) in [4.78, 5) is 25.9. The number of nitrogens with one attached hydrogen (secondary N) is 1. The second-order valence-corrected chi connectivity index (χ2v) is 7.74. The number of amides is 1. The second-order valence-electron chi connectivity index (χ2n) is 7.74. The highest BCUT2D eigenvalue weighted by Gasteiger charge is 2.24. The predicted octanol–water partition coefficient (Wildman–Crippen LogP) is 2.29. The van der Waals surface area contributed by atoms with E-state index in [4.69, 9.17) is 9.47 Å². The lowest BCUT2D eigenvalue weighted by Gasteiger charge is -2.34. The van der Waals surface area contributed by atoms with Gasteiger partial charge in [-0.25, -0.2) is 9.97 Å². The summed E-state index contributed by atoms with van der Waals surface area (Å²) >= 11 is 0. The monoisotopic (exact) mass is 397 g/mol. The van der Waals surface area contributed by atoms with Crippen molar-refractivity contribution >= 4 is 11.7 Å². The summed E-state index contributed by atoms with van der Waals surface area (Å²) in [5.41, 5.74) is 1.63. The molecule has 0 unspecified atom stereocenters. The molecule has 1 aromatic carbocycles. The molecule has 29 heavy (non-hydrogen) atoms. The van der Waals surface area contributed by atoms with Crippen LogP contribution in [0.2, 0.25) is 0 Å². The number of carbonyl (C=O) groups excluding carboxylic acids is 1. The minimum atomic E-state index is -0.0370. The molecule has 0 bridgehead atoms. The van der Waals surface area contributed by atoms with Crippen molar-refractivity contribution in [2.24, 2.45) is 0 Å². The zero-order valence-electron chi connectivity index (χ0n) is 17.1. The summed E-state index contributed by atoms with van der Waals surface area (Å²) in [7, 11) is 0. The van der Waals surface area contributed by atoms with Crippen LogP contribution in [0.25, 0.3) is 0 Å². The highest BCUT2D eigenvalue weighted by atomic mass is 16.7. The fraction of sp³-hybridized carbons (Fsp3) is 0.476. The zero-order valence-corrected chi connectivity index (χ0v) is 17.1. The van der Waals surface area contributed by atoms with Crippen LogP contribution in [-0.2, 0) is 6.54 Å². The molecule has 8 nitrogen and oxygen atoms in total. The first-order valence-electron chi connectivity index (χ1n) is 10.0. The predicted molar refractivity (Wildman–Crippen MR) is 109 cm³/mol. The van der Waals surface area contributed by atoms with Gasteiger partial charge < -0.3 is 19.7 Å². The number of nitrogens with zero attached hydrogens (tertiary/aromatic N) is 4. The number of aromatic nitrogens is 2. The Morgan fingerprint density at radius 1 is 1.10 bits per heavy atom. The summed E-state index contributed by atoms with van der Waals surface area (Å²) in [5.74, 6) is 2.86. The minimum absolute atomic E-state index is 0.0370. The van der Waals surface area contributed by atoms with E-state index in [-0.39, 0.29) is 18.7 Å². The lowest BCUT2D eigenvalue weighted by atomic mass is 10.1. The van der Waals surface area contributed by atoms with E-state index in [9.17, 15) is 4.79 Å². The summed E-state index contributed by atoms with van der Waals surface area (Å²) in [5, 5.41) is 3.25. The quantitative estimate of drug-likeness (QED) is 0.829. The Kier molecular flexibility index (Phi) is 5.53. The number of ether oxygens (including phenoxy) is 2. The van der Waals surface area contributed by atoms with E-state index in [1.165, 1.54) is 5.56 Å². The number of carbonyl (C=O) groups is 1. The highest BCUT2D eigenvalue weighted by molar-refractivity contribution is 5.93. The standard InChI is InChI=1S/C21H27N5O3/c1-14(2)22-20-11-17(23-15(3)24-20)21(27)26-8-6-25(7-9-26)12-16-4-5-18-19(10-16)29-13-28-18/h4-5,10-11,14H,6-9,12-13H2,1-3H3,(H,22,23,24). The van der Waals surface area contributed by atoms with E-state index in [0.717, 1.165) is 31.1 Å². The lowest BCUT2D eigenvalue weighted by Crippen LogP contribution is -2.48. The van der Waals surface area contributed by atoms with Crippen LogP contribution in [0.4, 0.5) is 5.82 Å². The molecular formula is C21H27N5O3. The van der Waals surface area contributed by atoms with Gasteiger partial charge in [0.1, 0.15) is 17.3 Å². The average Bonchev–Trinajstić information content (AvgIpc) is 3.15. The maximum absolute atomic E-state index is 12.9. The number of piperazine rings is 1. The molecule has 1 N–H and O–H groups in total. The molecule has 8 heteroatoms. The molecule has 2 aliphatic heterocycles. The molecule has 1 amide bonds. The van der Waals surface area contributed by atoms with Gasteiger partial charge in [-0.05, 0) is 38.5 Å². The van der Waals surface area contributed by atoms with Gasteiger partial charge in [0.15, 0.2) is 11.5 Å². The van der Waals surface area contributed by atoms with Crippen molar-refractivity contribution in [2.75, 3.05) is 38.3 Å². The summed E-state index contributed by atoms with van der Waals surface area (Å²) < 4.78 is 10.8. The maximum Gasteiger partial charge on any atom is 0.272 e. The first-order valence-corrected chi connectivity index (χ1v) is 10.0. The minimum Gasteiger partial charge on any atom is -0.454 e. The van der Waals surface area contributed by atoms with Crippen LogP contribution in [-0.4, -0.2) is 64.7 Å². The molecule has 1 fully saturated rings. The van der Waals surface area contributed by atoms with Gasteiger partial charge in [-0.2, -0.15) is 0 Å². The van der Waals surface area contributed by atoms with Crippen LogP contribution in [0.3, 0.4) is 0 Å². The SMILES string of the molecule is Cc1nc(NC(C)C)cc(C(=O)N2CCN(Cc3ccc4c(c3)OCO4)CC2)n1. The van der Waals surface area contributed by atoms with Gasteiger partial charge in [0.25, 0.3) is 5.91 Å².